The van der Waals surface area contributed by atoms with Crippen LogP contribution in [0.4, 0.5) is 5.69 Å². The highest BCUT2D eigenvalue weighted by atomic mass is 35.5. The largest absolute Gasteiger partial charge is 0.486 e. The molecule has 0 saturated heterocycles. The van der Waals surface area contributed by atoms with Crippen LogP contribution >= 0.6 is 34.8 Å². The van der Waals surface area contributed by atoms with E-state index in [9.17, 15) is 9.59 Å². The number of likely N-dealkylation sites (N-methyl/N-ethyl adjacent to an activating group) is 1. The van der Waals surface area contributed by atoms with Crippen molar-refractivity contribution in [2.24, 2.45) is 0 Å². The zero-order valence-electron chi connectivity index (χ0n) is 14.9. The Bertz CT molecular complexity index is 900. The summed E-state index contributed by atoms with van der Waals surface area (Å²) in [6, 6.07) is 7.97. The van der Waals surface area contributed by atoms with Gasteiger partial charge in [0.05, 0.1) is 20.8 Å². The number of para-hydroxylation sites is 1. The quantitative estimate of drug-likeness (QED) is 0.738. The number of nitrogens with one attached hydrogen (secondary N) is 1. The third-order valence-electron chi connectivity index (χ3n) is 4.07. The number of benzene rings is 2. The number of ether oxygens (including phenoxy) is 2. The predicted octanol–water partition coefficient (Wildman–Crippen LogP) is 4.52. The van der Waals surface area contributed by atoms with Gasteiger partial charge in [-0.05, 0) is 31.2 Å². The van der Waals surface area contributed by atoms with E-state index >= 15 is 0 Å². The highest BCUT2D eigenvalue weighted by Gasteiger charge is 2.23. The molecule has 0 bridgehead atoms. The zero-order chi connectivity index (χ0) is 20.3. The first kappa shape index (κ1) is 20.6. The molecule has 0 aliphatic carbocycles. The van der Waals surface area contributed by atoms with Crippen molar-refractivity contribution in [3.8, 4) is 11.5 Å². The summed E-state index contributed by atoms with van der Waals surface area (Å²) >= 11 is 18.3. The van der Waals surface area contributed by atoms with Crippen LogP contribution in [0.2, 0.25) is 15.1 Å². The lowest BCUT2D eigenvalue weighted by Crippen LogP contribution is -2.38. The van der Waals surface area contributed by atoms with Crippen LogP contribution in [0.5, 0.6) is 11.5 Å². The summed E-state index contributed by atoms with van der Waals surface area (Å²) in [5.74, 6) is 0.0414. The standard InChI is InChI=1S/C19H17Cl3N2O4/c1-2-24(10-16(25)23-17-12(20)4-3-5-13(17)21)19(26)11-8-14(22)18-15(9-11)27-6-7-28-18/h3-5,8-9H,2,6-7,10H2,1H3,(H,23,25). The van der Waals surface area contributed by atoms with E-state index in [1.165, 1.54) is 11.0 Å². The molecule has 2 aromatic carbocycles. The minimum atomic E-state index is -0.422. The normalized spacial score (nSPS) is 12.4. The van der Waals surface area contributed by atoms with E-state index in [2.05, 4.69) is 5.32 Å². The lowest BCUT2D eigenvalue weighted by Gasteiger charge is -2.23. The van der Waals surface area contributed by atoms with Crippen molar-refractivity contribution in [3.63, 3.8) is 0 Å². The first-order valence-electron chi connectivity index (χ1n) is 8.53. The number of halogens is 3. The molecule has 0 spiro atoms. The Balaban J connectivity index is 1.75. The fourth-order valence-electron chi connectivity index (χ4n) is 2.71. The molecule has 28 heavy (non-hydrogen) atoms. The van der Waals surface area contributed by atoms with E-state index in [4.69, 9.17) is 44.3 Å². The van der Waals surface area contributed by atoms with Crippen LogP contribution in [-0.4, -0.2) is 43.0 Å². The van der Waals surface area contributed by atoms with Gasteiger partial charge in [0.2, 0.25) is 5.91 Å². The molecule has 3 rings (SSSR count). The van der Waals surface area contributed by atoms with Crippen LogP contribution in [0.25, 0.3) is 0 Å². The zero-order valence-corrected chi connectivity index (χ0v) is 17.2. The van der Waals surface area contributed by atoms with E-state index in [0.29, 0.717) is 52.6 Å². The molecule has 0 saturated carbocycles. The molecule has 0 unspecified atom stereocenters. The summed E-state index contributed by atoms with van der Waals surface area (Å²) < 4.78 is 11.0. The average Bonchev–Trinajstić information content (AvgIpc) is 2.68. The molecule has 2 amide bonds. The van der Waals surface area contributed by atoms with Gasteiger partial charge in [-0.15, -0.1) is 0 Å². The van der Waals surface area contributed by atoms with Gasteiger partial charge in [0.15, 0.2) is 11.5 Å². The van der Waals surface area contributed by atoms with E-state index in [1.807, 2.05) is 0 Å². The summed E-state index contributed by atoms with van der Waals surface area (Å²) in [5, 5.41) is 3.55. The minimum absolute atomic E-state index is 0.178. The molecule has 1 N–H and O–H groups in total. The van der Waals surface area contributed by atoms with Crippen molar-refractivity contribution in [2.45, 2.75) is 6.92 Å². The second kappa shape index (κ2) is 8.90. The molecule has 0 atom stereocenters. The maximum absolute atomic E-state index is 12.9. The summed E-state index contributed by atoms with van der Waals surface area (Å²) in [7, 11) is 0. The minimum Gasteiger partial charge on any atom is -0.486 e. The number of rotatable bonds is 5. The summed E-state index contributed by atoms with van der Waals surface area (Å²) in [6.45, 7) is 2.68. The monoisotopic (exact) mass is 442 g/mol. The molecule has 6 nitrogen and oxygen atoms in total. The number of hydrogen-bond acceptors (Lipinski definition) is 4. The Morgan fingerprint density at radius 3 is 2.43 bits per heavy atom. The first-order chi connectivity index (χ1) is 13.4. The van der Waals surface area contributed by atoms with Crippen molar-refractivity contribution in [3.05, 3.63) is 51.0 Å². The molecule has 148 valence electrons. The second-order valence-corrected chi connectivity index (χ2v) is 7.17. The van der Waals surface area contributed by atoms with Gasteiger partial charge in [0.1, 0.15) is 19.8 Å². The highest BCUT2D eigenvalue weighted by Crippen LogP contribution is 2.38. The first-order valence-corrected chi connectivity index (χ1v) is 9.66. The Labute approximate surface area is 177 Å². The van der Waals surface area contributed by atoms with Crippen LogP contribution in [0.1, 0.15) is 17.3 Å². The van der Waals surface area contributed by atoms with Crippen molar-refractivity contribution in [2.75, 3.05) is 31.6 Å². The Morgan fingerprint density at radius 1 is 1.07 bits per heavy atom. The smallest absolute Gasteiger partial charge is 0.254 e. The number of carbonyl (C=O) groups is 2. The molecule has 9 heteroatoms. The third kappa shape index (κ3) is 4.46. The van der Waals surface area contributed by atoms with Crippen LogP contribution in [0.3, 0.4) is 0 Å². The Kier molecular flexibility index (Phi) is 6.54. The van der Waals surface area contributed by atoms with Crippen molar-refractivity contribution >= 4 is 52.3 Å². The van der Waals surface area contributed by atoms with Crippen molar-refractivity contribution < 1.29 is 19.1 Å². The number of amides is 2. The number of anilines is 1. The van der Waals surface area contributed by atoms with Crippen molar-refractivity contribution in [1.29, 1.82) is 0 Å². The fourth-order valence-corrected chi connectivity index (χ4v) is 3.47. The highest BCUT2D eigenvalue weighted by molar-refractivity contribution is 6.39. The molecule has 1 aliphatic rings. The van der Waals surface area contributed by atoms with Gasteiger partial charge in [0, 0.05) is 12.1 Å². The molecule has 2 aromatic rings. The lowest BCUT2D eigenvalue weighted by atomic mass is 10.1. The van der Waals surface area contributed by atoms with Gasteiger partial charge >= 0.3 is 0 Å². The van der Waals surface area contributed by atoms with Gasteiger partial charge in [-0.25, -0.2) is 0 Å². The number of hydrogen-bond donors (Lipinski definition) is 1. The molecule has 0 fully saturated rings. The van der Waals surface area contributed by atoms with E-state index in [-0.39, 0.29) is 17.5 Å². The summed E-state index contributed by atoms with van der Waals surface area (Å²) in [5.41, 5.74) is 0.612. The van der Waals surface area contributed by atoms with Crippen LogP contribution < -0.4 is 14.8 Å². The van der Waals surface area contributed by atoms with E-state index < -0.39 is 5.91 Å². The Morgan fingerprint density at radius 2 is 1.75 bits per heavy atom. The lowest BCUT2D eigenvalue weighted by molar-refractivity contribution is -0.116. The van der Waals surface area contributed by atoms with E-state index in [0.717, 1.165) is 0 Å². The maximum Gasteiger partial charge on any atom is 0.254 e. The van der Waals surface area contributed by atoms with Gasteiger partial charge in [-0.1, -0.05) is 40.9 Å². The number of carbonyl (C=O) groups excluding carboxylic acids is 2. The second-order valence-electron chi connectivity index (χ2n) is 5.95. The fraction of sp³-hybridized carbons (Fsp3) is 0.263. The van der Waals surface area contributed by atoms with Gasteiger partial charge < -0.3 is 19.7 Å². The van der Waals surface area contributed by atoms with Gasteiger partial charge in [0.25, 0.3) is 5.91 Å². The summed E-state index contributed by atoms with van der Waals surface area (Å²) in [4.78, 5) is 26.7. The van der Waals surface area contributed by atoms with Gasteiger partial charge in [-0.3, -0.25) is 9.59 Å². The molecular weight excluding hydrogens is 427 g/mol. The maximum atomic E-state index is 12.9. The average molecular weight is 444 g/mol. The molecular formula is C19H17Cl3N2O4. The van der Waals surface area contributed by atoms with Crippen LogP contribution in [-0.2, 0) is 4.79 Å². The van der Waals surface area contributed by atoms with Crippen LogP contribution in [0, 0.1) is 0 Å². The van der Waals surface area contributed by atoms with Crippen LogP contribution in [0.15, 0.2) is 30.3 Å². The number of nitrogens with zero attached hydrogens (tertiary/aromatic N) is 1. The topological polar surface area (TPSA) is 67.9 Å². The number of fused-ring (bicyclic) bond motifs is 1. The Hall–Kier alpha value is -2.15. The molecule has 0 aromatic heterocycles. The predicted molar refractivity (Wildman–Crippen MR) is 109 cm³/mol. The molecule has 1 aliphatic heterocycles. The third-order valence-corrected chi connectivity index (χ3v) is 4.99. The van der Waals surface area contributed by atoms with Gasteiger partial charge in [-0.2, -0.15) is 0 Å². The SMILES string of the molecule is CCN(CC(=O)Nc1c(Cl)cccc1Cl)C(=O)c1cc(Cl)c2c(c1)OCCO2. The molecule has 0 radical (unpaired) electrons. The summed E-state index contributed by atoms with van der Waals surface area (Å²) in [6.07, 6.45) is 0. The van der Waals surface area contributed by atoms with E-state index in [1.54, 1.807) is 31.2 Å². The van der Waals surface area contributed by atoms with Crippen molar-refractivity contribution in [1.82, 2.24) is 4.90 Å². The molecule has 1 heterocycles.